The van der Waals surface area contributed by atoms with Crippen LogP contribution in [0.3, 0.4) is 0 Å². The van der Waals surface area contributed by atoms with Crippen LogP contribution in [0.1, 0.15) is 29.2 Å². The number of nitrogens with one attached hydrogen (secondary N) is 1. The minimum Gasteiger partial charge on any atom is -0.438 e. The van der Waals surface area contributed by atoms with Crippen LogP contribution in [0.15, 0.2) is 30.5 Å². The Morgan fingerprint density at radius 3 is 2.60 bits per heavy atom. The first kappa shape index (κ1) is 14.5. The maximum absolute atomic E-state index is 5.95. The van der Waals surface area contributed by atoms with Crippen molar-refractivity contribution in [2.75, 3.05) is 6.54 Å². The van der Waals surface area contributed by atoms with E-state index in [1.54, 1.807) is 0 Å². The maximum atomic E-state index is 5.95. The van der Waals surface area contributed by atoms with Gasteiger partial charge in [0.1, 0.15) is 5.75 Å². The first-order valence-electron chi connectivity index (χ1n) is 7.01. The highest BCUT2D eigenvalue weighted by Gasteiger charge is 2.07. The Labute approximate surface area is 121 Å². The van der Waals surface area contributed by atoms with Gasteiger partial charge in [-0.05, 0) is 56.1 Å². The highest BCUT2D eigenvalue weighted by molar-refractivity contribution is 5.40. The smallest absolute Gasteiger partial charge is 0.222 e. The summed E-state index contributed by atoms with van der Waals surface area (Å²) in [5, 5.41) is 3.30. The average Bonchev–Trinajstić information content (AvgIpc) is 2.43. The van der Waals surface area contributed by atoms with E-state index in [0.717, 1.165) is 30.0 Å². The number of hydrogen-bond acceptors (Lipinski definition) is 3. The highest BCUT2D eigenvalue weighted by atomic mass is 16.5. The molecule has 3 nitrogen and oxygen atoms in total. The summed E-state index contributed by atoms with van der Waals surface area (Å²) in [6.45, 7) is 10.0. The van der Waals surface area contributed by atoms with E-state index in [1.807, 2.05) is 26.1 Å². The van der Waals surface area contributed by atoms with Crippen LogP contribution in [-0.2, 0) is 6.54 Å². The Morgan fingerprint density at radius 1 is 1.10 bits per heavy atom. The maximum Gasteiger partial charge on any atom is 0.222 e. The quantitative estimate of drug-likeness (QED) is 0.894. The number of nitrogens with zero attached hydrogens (tertiary/aromatic N) is 1. The van der Waals surface area contributed by atoms with Crippen molar-refractivity contribution < 1.29 is 4.74 Å². The molecule has 0 radical (unpaired) electrons. The average molecular weight is 270 g/mol. The van der Waals surface area contributed by atoms with Gasteiger partial charge >= 0.3 is 0 Å². The lowest BCUT2D eigenvalue weighted by Crippen LogP contribution is -2.12. The number of benzene rings is 1. The van der Waals surface area contributed by atoms with Gasteiger partial charge in [-0.15, -0.1) is 0 Å². The van der Waals surface area contributed by atoms with E-state index >= 15 is 0 Å². The van der Waals surface area contributed by atoms with E-state index in [9.17, 15) is 0 Å². The summed E-state index contributed by atoms with van der Waals surface area (Å²) in [6.07, 6.45) is 1.87. The van der Waals surface area contributed by atoms with Gasteiger partial charge in [0.25, 0.3) is 0 Å². The summed E-state index contributed by atoms with van der Waals surface area (Å²) < 4.78 is 5.95. The van der Waals surface area contributed by atoms with Crippen molar-refractivity contribution in [1.82, 2.24) is 10.3 Å². The molecule has 2 rings (SSSR count). The van der Waals surface area contributed by atoms with Gasteiger partial charge in [0.05, 0.1) is 0 Å². The molecule has 0 bridgehead atoms. The number of rotatable bonds is 5. The molecule has 0 aliphatic heterocycles. The molecule has 0 atom stereocenters. The van der Waals surface area contributed by atoms with Crippen LogP contribution in [-0.4, -0.2) is 11.5 Å². The zero-order valence-corrected chi connectivity index (χ0v) is 12.7. The minimum absolute atomic E-state index is 0.680. The molecule has 1 heterocycles. The topological polar surface area (TPSA) is 34.2 Å². The fourth-order valence-corrected chi connectivity index (χ4v) is 2.01. The summed E-state index contributed by atoms with van der Waals surface area (Å²) in [5.74, 6) is 1.55. The monoisotopic (exact) mass is 270 g/mol. The molecule has 1 N–H and O–H groups in total. The Morgan fingerprint density at radius 2 is 1.90 bits per heavy atom. The molecule has 0 saturated heterocycles. The van der Waals surface area contributed by atoms with Crippen LogP contribution in [0.25, 0.3) is 0 Å². The normalized spacial score (nSPS) is 10.6. The van der Waals surface area contributed by atoms with Crippen molar-refractivity contribution in [2.24, 2.45) is 0 Å². The summed E-state index contributed by atoms with van der Waals surface area (Å²) in [5.41, 5.74) is 4.54. The van der Waals surface area contributed by atoms with Crippen LogP contribution in [0.2, 0.25) is 0 Å². The van der Waals surface area contributed by atoms with Gasteiger partial charge < -0.3 is 10.1 Å². The van der Waals surface area contributed by atoms with E-state index in [4.69, 9.17) is 4.74 Å². The third-order valence-electron chi connectivity index (χ3n) is 3.22. The second-order valence-electron chi connectivity index (χ2n) is 5.12. The molecule has 0 spiro atoms. The van der Waals surface area contributed by atoms with E-state index in [0.29, 0.717) is 5.88 Å². The number of hydrogen-bond donors (Lipinski definition) is 1. The Bertz CT molecular complexity index is 594. The third-order valence-corrected chi connectivity index (χ3v) is 3.22. The lowest BCUT2D eigenvalue weighted by Gasteiger charge is -2.12. The van der Waals surface area contributed by atoms with Crippen LogP contribution >= 0.6 is 0 Å². The van der Waals surface area contributed by atoms with E-state index < -0.39 is 0 Å². The van der Waals surface area contributed by atoms with Crippen molar-refractivity contribution in [3.63, 3.8) is 0 Å². The number of pyridine rings is 1. The largest absolute Gasteiger partial charge is 0.438 e. The molecule has 106 valence electrons. The Kier molecular flexibility index (Phi) is 4.74. The fourth-order valence-electron chi connectivity index (χ4n) is 2.01. The van der Waals surface area contributed by atoms with Crippen LogP contribution in [0.5, 0.6) is 11.6 Å². The molecule has 0 saturated carbocycles. The van der Waals surface area contributed by atoms with Gasteiger partial charge in [-0.25, -0.2) is 4.98 Å². The summed E-state index contributed by atoms with van der Waals surface area (Å²) in [7, 11) is 0. The van der Waals surface area contributed by atoms with Crippen LogP contribution in [0, 0.1) is 20.8 Å². The number of aryl methyl sites for hydroxylation is 3. The molecule has 0 fully saturated rings. The first-order valence-corrected chi connectivity index (χ1v) is 7.01. The van der Waals surface area contributed by atoms with Gasteiger partial charge in [0.2, 0.25) is 5.88 Å². The molecule has 0 aliphatic carbocycles. The Balaban J connectivity index is 2.19. The van der Waals surface area contributed by atoms with Gasteiger partial charge in [0.15, 0.2) is 0 Å². The minimum atomic E-state index is 0.680. The third kappa shape index (κ3) is 3.58. The van der Waals surface area contributed by atoms with Gasteiger partial charge in [-0.3, -0.25) is 0 Å². The molecule has 3 heteroatoms. The van der Waals surface area contributed by atoms with Gasteiger partial charge in [-0.1, -0.05) is 19.1 Å². The molecule has 2 aromatic rings. The van der Waals surface area contributed by atoms with E-state index in [1.165, 1.54) is 11.1 Å². The zero-order valence-electron chi connectivity index (χ0n) is 12.7. The molecule has 20 heavy (non-hydrogen) atoms. The predicted octanol–water partition coefficient (Wildman–Crippen LogP) is 3.91. The van der Waals surface area contributed by atoms with E-state index in [2.05, 4.69) is 42.3 Å². The lowest BCUT2D eigenvalue weighted by molar-refractivity contribution is 0.454. The standard InChI is InChI=1S/C17H22N2O/c1-5-18-10-15-9-14(4)17(19-11-15)20-16-8-12(2)6-7-13(16)3/h6-9,11,18H,5,10H2,1-4H3. The molecule has 1 aromatic carbocycles. The summed E-state index contributed by atoms with van der Waals surface area (Å²) >= 11 is 0. The van der Waals surface area contributed by atoms with Crippen LogP contribution < -0.4 is 10.1 Å². The Hall–Kier alpha value is -1.87. The van der Waals surface area contributed by atoms with Crippen molar-refractivity contribution in [3.05, 3.63) is 52.7 Å². The van der Waals surface area contributed by atoms with Crippen molar-refractivity contribution >= 4 is 0 Å². The van der Waals surface area contributed by atoms with Gasteiger partial charge in [-0.2, -0.15) is 0 Å². The molecule has 0 unspecified atom stereocenters. The number of ether oxygens (including phenoxy) is 1. The van der Waals surface area contributed by atoms with E-state index in [-0.39, 0.29) is 0 Å². The first-order chi connectivity index (χ1) is 9.60. The fraction of sp³-hybridized carbons (Fsp3) is 0.353. The highest BCUT2D eigenvalue weighted by Crippen LogP contribution is 2.27. The van der Waals surface area contributed by atoms with Crippen LogP contribution in [0.4, 0.5) is 0 Å². The SMILES string of the molecule is CCNCc1cnc(Oc2cc(C)ccc2C)c(C)c1. The predicted molar refractivity (Wildman–Crippen MR) is 82.3 cm³/mol. The summed E-state index contributed by atoms with van der Waals surface area (Å²) in [4.78, 5) is 4.43. The second kappa shape index (κ2) is 6.53. The molecule has 1 aromatic heterocycles. The lowest BCUT2D eigenvalue weighted by atomic mass is 10.1. The zero-order chi connectivity index (χ0) is 14.5. The molecular formula is C17H22N2O. The number of aromatic nitrogens is 1. The summed E-state index contributed by atoms with van der Waals surface area (Å²) in [6, 6.07) is 8.32. The van der Waals surface area contributed by atoms with Crippen molar-refractivity contribution in [1.29, 1.82) is 0 Å². The molecular weight excluding hydrogens is 248 g/mol. The molecule has 0 aliphatic rings. The molecule has 0 amide bonds. The van der Waals surface area contributed by atoms with Gasteiger partial charge in [0, 0.05) is 18.3 Å². The van der Waals surface area contributed by atoms with Crippen molar-refractivity contribution in [3.8, 4) is 11.6 Å². The second-order valence-corrected chi connectivity index (χ2v) is 5.12. The van der Waals surface area contributed by atoms with Crippen molar-refractivity contribution in [2.45, 2.75) is 34.2 Å².